The maximum atomic E-state index is 11.8. The standard InChI is InChI=1S/C16H26N2O2S.ClH/c1-5-13(3)21-14-6-7-15(12(2)10-14)18-16(19)11-17-8-9-20-4;/h6-7,10,13,17H,5,8-9,11H2,1-4H3,(H,18,19);1H. The van der Waals surface area contributed by atoms with E-state index in [9.17, 15) is 4.79 Å². The largest absolute Gasteiger partial charge is 0.383 e. The van der Waals surface area contributed by atoms with E-state index in [1.165, 1.54) is 4.90 Å². The van der Waals surface area contributed by atoms with E-state index < -0.39 is 0 Å². The molecule has 0 heterocycles. The highest BCUT2D eigenvalue weighted by molar-refractivity contribution is 7.99. The molecule has 1 rings (SSSR count). The minimum absolute atomic E-state index is 0. The van der Waals surface area contributed by atoms with Gasteiger partial charge in [0.05, 0.1) is 13.2 Å². The van der Waals surface area contributed by atoms with Crippen LogP contribution in [0.1, 0.15) is 25.8 Å². The molecule has 0 saturated heterocycles. The highest BCUT2D eigenvalue weighted by Gasteiger charge is 2.07. The molecule has 1 aromatic rings. The topological polar surface area (TPSA) is 50.4 Å². The van der Waals surface area contributed by atoms with Crippen LogP contribution in [0.3, 0.4) is 0 Å². The molecular formula is C16H27ClN2O2S. The SMILES string of the molecule is CCC(C)Sc1ccc(NC(=O)CNCCOC)c(C)c1.Cl. The molecule has 0 aliphatic carbocycles. The molecule has 6 heteroatoms. The molecule has 4 nitrogen and oxygen atoms in total. The summed E-state index contributed by atoms with van der Waals surface area (Å²) in [5.74, 6) is -0.0310. The van der Waals surface area contributed by atoms with E-state index >= 15 is 0 Å². The summed E-state index contributed by atoms with van der Waals surface area (Å²) in [7, 11) is 1.64. The highest BCUT2D eigenvalue weighted by Crippen LogP contribution is 2.28. The Kier molecular flexibility index (Phi) is 11.4. The third kappa shape index (κ3) is 8.03. The van der Waals surface area contributed by atoms with Crippen LogP contribution in [-0.4, -0.2) is 38.0 Å². The van der Waals surface area contributed by atoms with Gasteiger partial charge in [0.25, 0.3) is 0 Å². The number of hydrogen-bond donors (Lipinski definition) is 2. The van der Waals surface area contributed by atoms with Crippen LogP contribution in [-0.2, 0) is 9.53 Å². The Morgan fingerprint density at radius 3 is 2.73 bits per heavy atom. The van der Waals surface area contributed by atoms with Crippen LogP contribution in [0.4, 0.5) is 5.69 Å². The zero-order chi connectivity index (χ0) is 15.7. The van der Waals surface area contributed by atoms with Crippen molar-refractivity contribution in [3.8, 4) is 0 Å². The quantitative estimate of drug-likeness (QED) is 0.531. The molecule has 22 heavy (non-hydrogen) atoms. The fourth-order valence-electron chi connectivity index (χ4n) is 1.74. The summed E-state index contributed by atoms with van der Waals surface area (Å²) in [5.41, 5.74) is 1.97. The lowest BCUT2D eigenvalue weighted by Gasteiger charge is -2.12. The van der Waals surface area contributed by atoms with Crippen molar-refractivity contribution >= 4 is 35.8 Å². The summed E-state index contributed by atoms with van der Waals surface area (Å²) < 4.78 is 4.92. The molecule has 2 N–H and O–H groups in total. The minimum atomic E-state index is -0.0310. The fraction of sp³-hybridized carbons (Fsp3) is 0.562. The monoisotopic (exact) mass is 346 g/mol. The van der Waals surface area contributed by atoms with E-state index in [4.69, 9.17) is 4.74 Å². The average Bonchev–Trinajstić information content (AvgIpc) is 2.46. The Balaban J connectivity index is 0.00000441. The lowest BCUT2D eigenvalue weighted by Crippen LogP contribution is -2.30. The lowest BCUT2D eigenvalue weighted by atomic mass is 10.2. The molecule has 1 amide bonds. The number of carbonyl (C=O) groups is 1. The van der Waals surface area contributed by atoms with Crippen LogP contribution in [0.2, 0.25) is 0 Å². The van der Waals surface area contributed by atoms with Gasteiger partial charge < -0.3 is 15.4 Å². The van der Waals surface area contributed by atoms with Crippen LogP contribution in [0, 0.1) is 6.92 Å². The van der Waals surface area contributed by atoms with Gasteiger partial charge in [-0.2, -0.15) is 0 Å². The van der Waals surface area contributed by atoms with Crippen molar-refractivity contribution in [1.29, 1.82) is 0 Å². The van der Waals surface area contributed by atoms with Gasteiger partial charge in [0.1, 0.15) is 0 Å². The summed E-state index contributed by atoms with van der Waals surface area (Å²) in [5, 5.41) is 6.57. The van der Waals surface area contributed by atoms with E-state index in [1.54, 1.807) is 7.11 Å². The summed E-state index contributed by atoms with van der Waals surface area (Å²) in [6.45, 7) is 8.01. The van der Waals surface area contributed by atoms with Gasteiger partial charge in [-0.1, -0.05) is 13.8 Å². The number of thioether (sulfide) groups is 1. The molecule has 0 aliphatic rings. The minimum Gasteiger partial charge on any atom is -0.383 e. The molecule has 0 bridgehead atoms. The highest BCUT2D eigenvalue weighted by atomic mass is 35.5. The molecule has 0 saturated carbocycles. The first-order valence-electron chi connectivity index (χ1n) is 7.33. The maximum Gasteiger partial charge on any atom is 0.238 e. The molecule has 0 fully saturated rings. The number of halogens is 1. The molecule has 0 spiro atoms. The van der Waals surface area contributed by atoms with E-state index in [-0.39, 0.29) is 18.3 Å². The predicted octanol–water partition coefficient (Wildman–Crippen LogP) is 3.48. The predicted molar refractivity (Wildman–Crippen MR) is 97.4 cm³/mol. The molecule has 1 unspecified atom stereocenters. The molecular weight excluding hydrogens is 320 g/mol. The van der Waals surface area contributed by atoms with Crippen LogP contribution in [0.25, 0.3) is 0 Å². The van der Waals surface area contributed by atoms with Gasteiger partial charge in [-0.15, -0.1) is 24.2 Å². The summed E-state index contributed by atoms with van der Waals surface area (Å²) in [4.78, 5) is 13.1. The van der Waals surface area contributed by atoms with E-state index in [2.05, 4.69) is 36.6 Å². The Morgan fingerprint density at radius 1 is 1.41 bits per heavy atom. The van der Waals surface area contributed by atoms with Crippen molar-refractivity contribution in [3.63, 3.8) is 0 Å². The van der Waals surface area contributed by atoms with Crippen molar-refractivity contribution in [2.45, 2.75) is 37.3 Å². The number of rotatable bonds is 9. The van der Waals surface area contributed by atoms with E-state index in [0.717, 1.165) is 17.7 Å². The number of nitrogens with one attached hydrogen (secondary N) is 2. The van der Waals surface area contributed by atoms with E-state index in [0.29, 0.717) is 24.9 Å². The van der Waals surface area contributed by atoms with Crippen molar-refractivity contribution in [2.24, 2.45) is 0 Å². The van der Waals surface area contributed by atoms with Crippen LogP contribution >= 0.6 is 24.2 Å². The Hall–Kier alpha value is -0.750. The summed E-state index contributed by atoms with van der Waals surface area (Å²) in [6, 6.07) is 6.18. The number of methoxy groups -OCH3 is 1. The van der Waals surface area contributed by atoms with Gasteiger partial charge in [-0.05, 0) is 37.1 Å². The van der Waals surface area contributed by atoms with Gasteiger partial charge in [-0.3, -0.25) is 4.79 Å². The van der Waals surface area contributed by atoms with Crippen LogP contribution in [0.15, 0.2) is 23.1 Å². The van der Waals surface area contributed by atoms with Gasteiger partial charge >= 0.3 is 0 Å². The zero-order valence-electron chi connectivity index (χ0n) is 13.8. The second-order valence-electron chi connectivity index (χ2n) is 5.03. The lowest BCUT2D eigenvalue weighted by molar-refractivity contribution is -0.115. The number of anilines is 1. The van der Waals surface area contributed by atoms with Crippen LogP contribution < -0.4 is 10.6 Å². The number of aryl methyl sites for hydroxylation is 1. The molecule has 0 aliphatic heterocycles. The second kappa shape index (κ2) is 11.8. The van der Waals surface area contributed by atoms with Crippen molar-refractivity contribution in [3.05, 3.63) is 23.8 Å². The van der Waals surface area contributed by atoms with Gasteiger partial charge in [0, 0.05) is 29.5 Å². The third-order valence-corrected chi connectivity index (χ3v) is 4.41. The average molecular weight is 347 g/mol. The maximum absolute atomic E-state index is 11.8. The smallest absolute Gasteiger partial charge is 0.238 e. The normalized spacial score (nSPS) is 11.6. The first-order valence-corrected chi connectivity index (χ1v) is 8.21. The van der Waals surface area contributed by atoms with Crippen LogP contribution in [0.5, 0.6) is 0 Å². The first kappa shape index (κ1) is 21.2. The fourth-order valence-corrected chi connectivity index (χ4v) is 2.76. The summed E-state index contributed by atoms with van der Waals surface area (Å²) >= 11 is 1.87. The number of benzene rings is 1. The van der Waals surface area contributed by atoms with Gasteiger partial charge in [0.15, 0.2) is 0 Å². The molecule has 0 radical (unpaired) electrons. The van der Waals surface area contributed by atoms with Gasteiger partial charge in [-0.25, -0.2) is 0 Å². The zero-order valence-corrected chi connectivity index (χ0v) is 15.4. The Labute approximate surface area is 144 Å². The Morgan fingerprint density at radius 2 is 2.14 bits per heavy atom. The number of hydrogen-bond acceptors (Lipinski definition) is 4. The van der Waals surface area contributed by atoms with Crippen molar-refractivity contribution in [1.82, 2.24) is 5.32 Å². The Bertz CT molecular complexity index is 458. The molecule has 0 aromatic heterocycles. The summed E-state index contributed by atoms with van der Waals surface area (Å²) in [6.07, 6.45) is 1.15. The molecule has 126 valence electrons. The third-order valence-electron chi connectivity index (χ3n) is 3.15. The molecule has 1 atom stereocenters. The first-order chi connectivity index (χ1) is 10.1. The number of carbonyl (C=O) groups excluding carboxylic acids is 1. The molecule has 1 aromatic carbocycles. The second-order valence-corrected chi connectivity index (χ2v) is 6.54. The number of ether oxygens (including phenoxy) is 1. The van der Waals surface area contributed by atoms with Gasteiger partial charge in [0.2, 0.25) is 5.91 Å². The van der Waals surface area contributed by atoms with Crippen molar-refractivity contribution < 1.29 is 9.53 Å². The van der Waals surface area contributed by atoms with Crippen molar-refractivity contribution in [2.75, 3.05) is 32.1 Å². The van der Waals surface area contributed by atoms with E-state index in [1.807, 2.05) is 24.8 Å². The number of amides is 1.